The summed E-state index contributed by atoms with van der Waals surface area (Å²) in [5.41, 5.74) is 3.90. The Kier molecular flexibility index (Phi) is 8.15. The van der Waals surface area contributed by atoms with Gasteiger partial charge in [-0.15, -0.1) is 0 Å². The fraction of sp³-hybridized carbons (Fsp3) is 0.370. The van der Waals surface area contributed by atoms with Gasteiger partial charge < -0.3 is 19.5 Å². The first-order valence-electron chi connectivity index (χ1n) is 12.0. The molecule has 2 heterocycles. The summed E-state index contributed by atoms with van der Waals surface area (Å²) in [4.78, 5) is 23.3. The molecule has 0 aliphatic carbocycles. The summed E-state index contributed by atoms with van der Waals surface area (Å²) in [7, 11) is 4.22. The molecule has 1 unspecified atom stereocenters. The number of carbonyl (C=O) groups excluding carboxylic acids is 1. The van der Waals surface area contributed by atoms with Crippen molar-refractivity contribution in [1.29, 1.82) is 0 Å². The summed E-state index contributed by atoms with van der Waals surface area (Å²) in [6.07, 6.45) is 7.81. The van der Waals surface area contributed by atoms with E-state index in [4.69, 9.17) is 9.72 Å². The van der Waals surface area contributed by atoms with E-state index >= 15 is 0 Å². The number of nitrogens with zero attached hydrogens (tertiary/aromatic N) is 4. The predicted octanol–water partition coefficient (Wildman–Crippen LogP) is 5.60. The molecule has 35 heavy (non-hydrogen) atoms. The second-order valence-electron chi connectivity index (χ2n) is 9.22. The summed E-state index contributed by atoms with van der Waals surface area (Å²) < 4.78 is 8.60. The molecule has 1 atom stereocenters. The smallest absolute Gasteiger partial charge is 0.338 e. The van der Waals surface area contributed by atoms with Gasteiger partial charge in [0.25, 0.3) is 0 Å². The topological polar surface area (TPSA) is 72.3 Å². The Morgan fingerprint density at radius 2 is 1.97 bits per heavy atom. The van der Waals surface area contributed by atoms with E-state index in [1.807, 2.05) is 44.7 Å². The van der Waals surface area contributed by atoms with E-state index in [9.17, 15) is 4.79 Å². The van der Waals surface area contributed by atoms with Crippen molar-refractivity contribution >= 4 is 32.7 Å². The van der Waals surface area contributed by atoms with E-state index in [1.54, 1.807) is 23.5 Å². The third-order valence-corrected chi connectivity index (χ3v) is 6.72. The zero-order valence-corrected chi connectivity index (χ0v) is 21.6. The molecule has 0 saturated heterocycles. The molecule has 0 bridgehead atoms. The Bertz CT molecular complexity index is 1230. The Hall–Kier alpha value is -3.23. The minimum absolute atomic E-state index is 0.128. The molecule has 0 spiro atoms. The molecule has 0 aliphatic heterocycles. The summed E-state index contributed by atoms with van der Waals surface area (Å²) >= 11 is 1.66. The molecular weight excluding hydrogens is 458 g/mol. The Labute approximate surface area is 210 Å². The number of fused-ring (bicyclic) bond motifs is 1. The molecule has 7 nitrogen and oxygen atoms in total. The minimum atomic E-state index is -0.294. The second-order valence-corrected chi connectivity index (χ2v) is 10.3. The van der Waals surface area contributed by atoms with Gasteiger partial charge in [0.15, 0.2) is 5.13 Å². The van der Waals surface area contributed by atoms with Gasteiger partial charge in [-0.05, 0) is 82.7 Å². The van der Waals surface area contributed by atoms with E-state index in [0.29, 0.717) is 12.1 Å². The molecule has 4 rings (SSSR count). The lowest BCUT2D eigenvalue weighted by Gasteiger charge is -2.20. The van der Waals surface area contributed by atoms with Gasteiger partial charge >= 0.3 is 5.97 Å². The summed E-state index contributed by atoms with van der Waals surface area (Å²) in [5, 5.41) is 4.31. The van der Waals surface area contributed by atoms with Crippen LogP contribution in [-0.4, -0.2) is 52.1 Å². The fourth-order valence-corrected chi connectivity index (χ4v) is 4.89. The third kappa shape index (κ3) is 6.68. The van der Waals surface area contributed by atoms with Crippen molar-refractivity contribution < 1.29 is 9.53 Å². The van der Waals surface area contributed by atoms with Gasteiger partial charge in [-0.3, -0.25) is 0 Å². The molecule has 2 aromatic carbocycles. The number of anilines is 1. The van der Waals surface area contributed by atoms with Crippen LogP contribution in [-0.2, 0) is 11.3 Å². The summed E-state index contributed by atoms with van der Waals surface area (Å²) in [6, 6.07) is 14.3. The highest BCUT2D eigenvalue weighted by Gasteiger charge is 2.15. The number of hydrogen-bond donors (Lipinski definition) is 1. The van der Waals surface area contributed by atoms with Gasteiger partial charge in [0, 0.05) is 18.9 Å². The number of hydrogen-bond acceptors (Lipinski definition) is 7. The van der Waals surface area contributed by atoms with Crippen LogP contribution in [0.4, 0.5) is 5.13 Å². The van der Waals surface area contributed by atoms with Crippen molar-refractivity contribution in [3.05, 3.63) is 77.9 Å². The first kappa shape index (κ1) is 24.9. The monoisotopic (exact) mass is 491 g/mol. The zero-order valence-electron chi connectivity index (χ0n) is 20.8. The molecule has 1 N–H and O–H groups in total. The van der Waals surface area contributed by atoms with Crippen molar-refractivity contribution in [3.63, 3.8) is 0 Å². The molecule has 8 heteroatoms. The summed E-state index contributed by atoms with van der Waals surface area (Å²) in [6.45, 7) is 5.39. The lowest BCUT2D eigenvalue weighted by molar-refractivity contribution is 0.0378. The maximum Gasteiger partial charge on any atom is 0.338 e. The number of benzene rings is 2. The quantitative estimate of drug-likeness (QED) is 0.275. The van der Waals surface area contributed by atoms with Crippen LogP contribution in [0.5, 0.6) is 0 Å². The number of carbonyl (C=O) groups is 1. The van der Waals surface area contributed by atoms with Crippen molar-refractivity contribution in [3.8, 4) is 0 Å². The number of thiazole rings is 1. The largest absolute Gasteiger partial charge is 0.459 e. The Balaban J connectivity index is 1.44. The molecule has 0 radical (unpaired) electrons. The SMILES string of the molecule is CC(C)OC(=O)c1ccc(CNc2nc3ccc(C(CCCN(C)C)n4ccnc4)cc3s2)cc1. The maximum absolute atomic E-state index is 12.0. The van der Waals surface area contributed by atoms with Crippen LogP contribution in [0, 0.1) is 0 Å². The van der Waals surface area contributed by atoms with Crippen LogP contribution < -0.4 is 5.32 Å². The Morgan fingerprint density at radius 1 is 1.17 bits per heavy atom. The van der Waals surface area contributed by atoms with Gasteiger partial charge in [0.1, 0.15) is 0 Å². The van der Waals surface area contributed by atoms with E-state index in [1.165, 1.54) is 5.56 Å². The average Bonchev–Trinajstić information content (AvgIpc) is 3.49. The van der Waals surface area contributed by atoms with E-state index in [0.717, 1.165) is 40.3 Å². The molecule has 2 aromatic heterocycles. The molecular formula is C27H33N5O2S. The number of nitrogens with one attached hydrogen (secondary N) is 1. The number of imidazole rings is 1. The van der Waals surface area contributed by atoms with Gasteiger partial charge in [0.05, 0.1) is 34.3 Å². The third-order valence-electron chi connectivity index (χ3n) is 5.74. The van der Waals surface area contributed by atoms with Crippen LogP contribution in [0.25, 0.3) is 10.2 Å². The van der Waals surface area contributed by atoms with Gasteiger partial charge in [-0.1, -0.05) is 29.5 Å². The average molecular weight is 492 g/mol. The van der Waals surface area contributed by atoms with Gasteiger partial charge in [-0.25, -0.2) is 14.8 Å². The fourth-order valence-electron chi connectivity index (χ4n) is 3.99. The minimum Gasteiger partial charge on any atom is -0.459 e. The molecule has 184 valence electrons. The number of rotatable bonds is 11. The predicted molar refractivity (Wildman–Crippen MR) is 142 cm³/mol. The van der Waals surface area contributed by atoms with Crippen molar-refractivity contribution in [2.45, 2.75) is 45.4 Å². The number of aromatic nitrogens is 3. The second kappa shape index (κ2) is 11.5. The highest BCUT2D eigenvalue weighted by Crippen LogP contribution is 2.31. The number of ether oxygens (including phenoxy) is 1. The molecule has 4 aromatic rings. The van der Waals surface area contributed by atoms with Crippen molar-refractivity contribution in [2.24, 2.45) is 0 Å². The number of esters is 1. The molecule has 0 amide bonds. The zero-order chi connectivity index (χ0) is 24.8. The molecule has 0 saturated carbocycles. The van der Waals surface area contributed by atoms with Gasteiger partial charge in [0.2, 0.25) is 0 Å². The Morgan fingerprint density at radius 3 is 2.66 bits per heavy atom. The van der Waals surface area contributed by atoms with Crippen molar-refractivity contribution in [2.75, 3.05) is 26.0 Å². The van der Waals surface area contributed by atoms with E-state index in [2.05, 4.69) is 52.1 Å². The lowest BCUT2D eigenvalue weighted by Crippen LogP contribution is -2.16. The van der Waals surface area contributed by atoms with Crippen LogP contribution >= 0.6 is 11.3 Å². The van der Waals surface area contributed by atoms with E-state index < -0.39 is 0 Å². The first-order chi connectivity index (χ1) is 16.9. The van der Waals surface area contributed by atoms with Crippen LogP contribution in [0.3, 0.4) is 0 Å². The van der Waals surface area contributed by atoms with Crippen LogP contribution in [0.1, 0.15) is 54.2 Å². The van der Waals surface area contributed by atoms with Crippen LogP contribution in [0.15, 0.2) is 61.2 Å². The van der Waals surface area contributed by atoms with Crippen molar-refractivity contribution in [1.82, 2.24) is 19.4 Å². The summed E-state index contributed by atoms with van der Waals surface area (Å²) in [5.74, 6) is -0.294. The molecule has 0 fully saturated rings. The molecule has 0 aliphatic rings. The lowest BCUT2D eigenvalue weighted by atomic mass is 10.0. The highest BCUT2D eigenvalue weighted by molar-refractivity contribution is 7.22. The highest BCUT2D eigenvalue weighted by atomic mass is 32.1. The normalized spacial score (nSPS) is 12.4. The van der Waals surface area contributed by atoms with Crippen LogP contribution in [0.2, 0.25) is 0 Å². The van der Waals surface area contributed by atoms with Gasteiger partial charge in [-0.2, -0.15) is 0 Å². The van der Waals surface area contributed by atoms with E-state index in [-0.39, 0.29) is 18.1 Å². The first-order valence-corrected chi connectivity index (χ1v) is 12.8. The standard InChI is InChI=1S/C27H33N5O2S/c1-19(2)34-26(33)21-9-7-20(8-10-21)17-29-27-30-23-12-11-22(16-25(23)35-27)24(6-5-14-31(3)4)32-15-13-28-18-32/h7-13,15-16,18-19,24H,5-6,14,17H2,1-4H3,(H,29,30). The maximum atomic E-state index is 12.0.